The first-order valence-corrected chi connectivity index (χ1v) is 9.78. The average molecular weight is 366 g/mol. The van der Waals surface area contributed by atoms with Gasteiger partial charge in [0.15, 0.2) is 0 Å². The van der Waals surface area contributed by atoms with E-state index in [1.54, 1.807) is 0 Å². The van der Waals surface area contributed by atoms with Gasteiger partial charge in [-0.15, -0.1) is 0 Å². The highest BCUT2D eigenvalue weighted by molar-refractivity contribution is 5.75. The Bertz CT molecular complexity index is 765. The van der Waals surface area contributed by atoms with Gasteiger partial charge in [0, 0.05) is 26.2 Å². The molecule has 144 valence electrons. The fourth-order valence-electron chi connectivity index (χ4n) is 3.49. The van der Waals surface area contributed by atoms with E-state index in [1.807, 2.05) is 18.0 Å². The van der Waals surface area contributed by atoms with Crippen molar-refractivity contribution in [1.82, 2.24) is 15.1 Å². The number of benzene rings is 2. The Labute approximate surface area is 163 Å². The number of hydrogen-bond donors (Lipinski definition) is 1. The first-order valence-electron chi connectivity index (χ1n) is 9.78. The number of nitrogens with zero attached hydrogens (tertiary/aromatic N) is 2. The molecule has 1 aliphatic rings. The van der Waals surface area contributed by atoms with Crippen molar-refractivity contribution in [3.63, 3.8) is 0 Å². The molecule has 0 heterocycles. The van der Waals surface area contributed by atoms with Gasteiger partial charge in [-0.1, -0.05) is 48.5 Å². The maximum Gasteiger partial charge on any atom is 0.317 e. The molecule has 1 unspecified atom stereocenters. The molecule has 1 atom stereocenters. The molecule has 2 aromatic carbocycles. The molecule has 27 heavy (non-hydrogen) atoms. The van der Waals surface area contributed by atoms with Gasteiger partial charge in [0.1, 0.15) is 0 Å². The standard InChI is InChI=1S/C23H31N3O/c1-17(19-13-14-19)26(4)23(27)24-15-21-7-5-6-8-22(21)20-11-9-18(10-12-20)16-25(2)3/h5-12,17,19H,13-16H2,1-4H3,(H,24,27). The second kappa shape index (κ2) is 8.57. The predicted octanol–water partition coefficient (Wildman–Crippen LogP) is 4.36. The molecule has 0 saturated heterocycles. The molecule has 0 aromatic heterocycles. The van der Waals surface area contributed by atoms with E-state index in [9.17, 15) is 4.79 Å². The molecule has 4 heteroatoms. The zero-order chi connectivity index (χ0) is 19.4. The lowest BCUT2D eigenvalue weighted by Crippen LogP contribution is -2.43. The number of amides is 2. The maximum atomic E-state index is 12.5. The maximum absolute atomic E-state index is 12.5. The van der Waals surface area contributed by atoms with Crippen molar-refractivity contribution in [3.8, 4) is 11.1 Å². The zero-order valence-electron chi connectivity index (χ0n) is 16.9. The highest BCUT2D eigenvalue weighted by Gasteiger charge is 2.32. The van der Waals surface area contributed by atoms with Crippen molar-refractivity contribution in [1.29, 1.82) is 0 Å². The largest absolute Gasteiger partial charge is 0.334 e. The lowest BCUT2D eigenvalue weighted by molar-refractivity contribution is 0.187. The van der Waals surface area contributed by atoms with Crippen LogP contribution in [0.15, 0.2) is 48.5 Å². The Morgan fingerprint density at radius 3 is 2.37 bits per heavy atom. The van der Waals surface area contributed by atoms with Crippen LogP contribution in [0.2, 0.25) is 0 Å². The monoisotopic (exact) mass is 365 g/mol. The molecule has 0 aliphatic heterocycles. The summed E-state index contributed by atoms with van der Waals surface area (Å²) in [7, 11) is 6.05. The molecule has 1 saturated carbocycles. The van der Waals surface area contributed by atoms with Crippen molar-refractivity contribution in [3.05, 3.63) is 59.7 Å². The van der Waals surface area contributed by atoms with Crippen molar-refractivity contribution in [2.75, 3.05) is 21.1 Å². The van der Waals surface area contributed by atoms with Gasteiger partial charge in [0.25, 0.3) is 0 Å². The Kier molecular flexibility index (Phi) is 6.17. The van der Waals surface area contributed by atoms with Crippen LogP contribution < -0.4 is 5.32 Å². The van der Waals surface area contributed by atoms with E-state index in [0.29, 0.717) is 18.5 Å². The van der Waals surface area contributed by atoms with Gasteiger partial charge in [0.05, 0.1) is 0 Å². The van der Waals surface area contributed by atoms with Crippen molar-refractivity contribution in [2.45, 2.75) is 38.9 Å². The second-order valence-electron chi connectivity index (χ2n) is 7.94. The molecule has 3 rings (SSSR count). The second-order valence-corrected chi connectivity index (χ2v) is 7.94. The zero-order valence-corrected chi connectivity index (χ0v) is 16.9. The van der Waals surface area contributed by atoms with Crippen LogP contribution in [-0.2, 0) is 13.1 Å². The van der Waals surface area contributed by atoms with Crippen LogP contribution >= 0.6 is 0 Å². The van der Waals surface area contributed by atoms with E-state index in [0.717, 1.165) is 12.1 Å². The topological polar surface area (TPSA) is 35.6 Å². The van der Waals surface area contributed by atoms with Crippen LogP contribution in [0.1, 0.15) is 30.9 Å². The van der Waals surface area contributed by atoms with Gasteiger partial charge in [-0.05, 0) is 62.0 Å². The lowest BCUT2D eigenvalue weighted by Gasteiger charge is -2.25. The van der Waals surface area contributed by atoms with E-state index in [1.165, 1.54) is 29.5 Å². The van der Waals surface area contributed by atoms with Gasteiger partial charge in [0.2, 0.25) is 0 Å². The summed E-state index contributed by atoms with van der Waals surface area (Å²) in [6, 6.07) is 17.3. The van der Waals surface area contributed by atoms with Crippen molar-refractivity contribution >= 4 is 6.03 Å². The quantitative estimate of drug-likeness (QED) is 0.791. The Hall–Kier alpha value is -2.33. The highest BCUT2D eigenvalue weighted by atomic mass is 16.2. The average Bonchev–Trinajstić information content (AvgIpc) is 3.50. The van der Waals surface area contributed by atoms with Gasteiger partial charge in [-0.3, -0.25) is 0 Å². The minimum atomic E-state index is 0.00512. The molecule has 1 aliphatic carbocycles. The molecule has 0 bridgehead atoms. The van der Waals surface area contributed by atoms with E-state index in [4.69, 9.17) is 0 Å². The summed E-state index contributed by atoms with van der Waals surface area (Å²) in [4.78, 5) is 16.5. The summed E-state index contributed by atoms with van der Waals surface area (Å²) in [6.45, 7) is 3.61. The smallest absolute Gasteiger partial charge is 0.317 e. The van der Waals surface area contributed by atoms with Crippen LogP contribution in [-0.4, -0.2) is 43.0 Å². The molecule has 2 aromatic rings. The minimum Gasteiger partial charge on any atom is -0.334 e. The summed E-state index contributed by atoms with van der Waals surface area (Å²) >= 11 is 0. The molecule has 4 nitrogen and oxygen atoms in total. The third-order valence-corrected chi connectivity index (χ3v) is 5.45. The number of nitrogens with one attached hydrogen (secondary N) is 1. The molecule has 0 radical (unpaired) electrons. The van der Waals surface area contributed by atoms with Crippen LogP contribution in [0.25, 0.3) is 11.1 Å². The number of carbonyl (C=O) groups is 1. The van der Waals surface area contributed by atoms with E-state index >= 15 is 0 Å². The third kappa shape index (κ3) is 5.10. The first-order chi connectivity index (χ1) is 13.0. The van der Waals surface area contributed by atoms with Gasteiger partial charge in [-0.25, -0.2) is 4.79 Å². The van der Waals surface area contributed by atoms with Crippen LogP contribution in [0.5, 0.6) is 0 Å². The fraction of sp³-hybridized carbons (Fsp3) is 0.435. The summed E-state index contributed by atoms with van der Waals surface area (Å²) in [6.07, 6.45) is 2.48. The Balaban J connectivity index is 1.67. The van der Waals surface area contributed by atoms with E-state index in [-0.39, 0.29) is 6.03 Å². The Morgan fingerprint density at radius 2 is 1.74 bits per heavy atom. The Morgan fingerprint density at radius 1 is 1.07 bits per heavy atom. The van der Waals surface area contributed by atoms with Gasteiger partial charge >= 0.3 is 6.03 Å². The minimum absolute atomic E-state index is 0.00512. The molecule has 2 amide bonds. The lowest BCUT2D eigenvalue weighted by atomic mass is 9.98. The SMILES string of the molecule is CC(C1CC1)N(C)C(=O)NCc1ccccc1-c1ccc(CN(C)C)cc1. The van der Waals surface area contributed by atoms with Gasteiger partial charge in [-0.2, -0.15) is 0 Å². The summed E-state index contributed by atoms with van der Waals surface area (Å²) < 4.78 is 0. The van der Waals surface area contributed by atoms with Crippen LogP contribution in [0.3, 0.4) is 0 Å². The summed E-state index contributed by atoms with van der Waals surface area (Å²) in [5.41, 5.74) is 4.79. The molecule has 0 spiro atoms. The molecular weight excluding hydrogens is 334 g/mol. The highest BCUT2D eigenvalue weighted by Crippen LogP contribution is 2.34. The first kappa shape index (κ1) is 19.4. The molecular formula is C23H31N3O. The summed E-state index contributed by atoms with van der Waals surface area (Å²) in [5, 5.41) is 3.09. The van der Waals surface area contributed by atoms with E-state index < -0.39 is 0 Å². The molecule has 1 fully saturated rings. The third-order valence-electron chi connectivity index (χ3n) is 5.45. The predicted molar refractivity (Wildman–Crippen MR) is 111 cm³/mol. The molecule has 1 N–H and O–H groups in total. The summed E-state index contributed by atoms with van der Waals surface area (Å²) in [5.74, 6) is 0.675. The fourth-order valence-corrected chi connectivity index (χ4v) is 3.49. The number of urea groups is 1. The van der Waals surface area contributed by atoms with Gasteiger partial charge < -0.3 is 15.1 Å². The normalized spacial score (nSPS) is 14.9. The number of hydrogen-bond acceptors (Lipinski definition) is 2. The van der Waals surface area contributed by atoms with Crippen LogP contribution in [0.4, 0.5) is 4.79 Å². The van der Waals surface area contributed by atoms with Crippen molar-refractivity contribution in [2.24, 2.45) is 5.92 Å². The number of carbonyl (C=O) groups excluding carboxylic acids is 1. The van der Waals surface area contributed by atoms with Crippen LogP contribution in [0, 0.1) is 5.92 Å². The van der Waals surface area contributed by atoms with E-state index in [2.05, 4.69) is 73.7 Å². The van der Waals surface area contributed by atoms with Crippen molar-refractivity contribution < 1.29 is 4.79 Å². The number of rotatable bonds is 7.